The Hall–Kier alpha value is -1.46. The lowest BCUT2D eigenvalue weighted by atomic mass is 10.1. The fraction of sp³-hybridized carbons (Fsp3) is 0.333. The SMILES string of the molecule is C#CCCOc1cccc(C(C)O)c1. The normalized spacial score (nSPS) is 11.8. The fourth-order valence-corrected chi connectivity index (χ4v) is 1.09. The Bertz CT molecular complexity index is 323. The Labute approximate surface area is 84.5 Å². The third-order valence-electron chi connectivity index (χ3n) is 1.86. The van der Waals surface area contributed by atoms with Crippen molar-refractivity contribution in [3.05, 3.63) is 29.8 Å². The van der Waals surface area contributed by atoms with E-state index in [4.69, 9.17) is 11.2 Å². The van der Waals surface area contributed by atoms with E-state index in [0.717, 1.165) is 11.3 Å². The van der Waals surface area contributed by atoms with Crippen LogP contribution in [0.4, 0.5) is 0 Å². The topological polar surface area (TPSA) is 29.5 Å². The first-order chi connectivity index (χ1) is 6.74. The molecule has 0 heterocycles. The van der Waals surface area contributed by atoms with Crippen LogP contribution in [0.3, 0.4) is 0 Å². The summed E-state index contributed by atoms with van der Waals surface area (Å²) in [5.74, 6) is 3.25. The molecule has 0 saturated heterocycles. The van der Waals surface area contributed by atoms with E-state index in [1.807, 2.05) is 24.3 Å². The van der Waals surface area contributed by atoms with Gasteiger partial charge in [-0.05, 0) is 24.6 Å². The van der Waals surface area contributed by atoms with Crippen molar-refractivity contribution in [2.45, 2.75) is 19.4 Å². The van der Waals surface area contributed by atoms with Crippen LogP contribution in [0.5, 0.6) is 5.75 Å². The monoisotopic (exact) mass is 190 g/mol. The van der Waals surface area contributed by atoms with Crippen LogP contribution in [-0.4, -0.2) is 11.7 Å². The van der Waals surface area contributed by atoms with Crippen LogP contribution in [0.15, 0.2) is 24.3 Å². The molecule has 0 fully saturated rings. The molecule has 1 atom stereocenters. The van der Waals surface area contributed by atoms with E-state index in [0.29, 0.717) is 13.0 Å². The van der Waals surface area contributed by atoms with Crippen molar-refractivity contribution in [2.24, 2.45) is 0 Å². The van der Waals surface area contributed by atoms with E-state index in [-0.39, 0.29) is 0 Å². The molecule has 0 aromatic heterocycles. The molecule has 2 heteroatoms. The summed E-state index contributed by atoms with van der Waals surface area (Å²) < 4.78 is 5.38. The van der Waals surface area contributed by atoms with Gasteiger partial charge in [0.2, 0.25) is 0 Å². The zero-order valence-corrected chi connectivity index (χ0v) is 8.23. The molecule has 1 aromatic carbocycles. The number of ether oxygens (including phenoxy) is 1. The van der Waals surface area contributed by atoms with Gasteiger partial charge in [-0.3, -0.25) is 0 Å². The van der Waals surface area contributed by atoms with Crippen LogP contribution >= 0.6 is 0 Å². The van der Waals surface area contributed by atoms with E-state index >= 15 is 0 Å². The zero-order chi connectivity index (χ0) is 10.4. The van der Waals surface area contributed by atoms with Crippen LogP contribution in [0.2, 0.25) is 0 Å². The Balaban J connectivity index is 2.60. The van der Waals surface area contributed by atoms with Crippen molar-refractivity contribution in [1.29, 1.82) is 0 Å². The molecule has 1 N–H and O–H groups in total. The minimum Gasteiger partial charge on any atom is -0.493 e. The standard InChI is InChI=1S/C12H14O2/c1-3-4-8-14-12-7-5-6-11(9-12)10(2)13/h1,5-7,9-10,13H,4,8H2,2H3. The molecule has 1 unspecified atom stereocenters. The summed E-state index contributed by atoms with van der Waals surface area (Å²) in [5, 5.41) is 9.33. The second-order valence-electron chi connectivity index (χ2n) is 3.05. The molecule has 0 aliphatic heterocycles. The largest absolute Gasteiger partial charge is 0.493 e. The first-order valence-electron chi connectivity index (χ1n) is 4.58. The van der Waals surface area contributed by atoms with Crippen LogP contribution in [0, 0.1) is 12.3 Å². The first kappa shape index (κ1) is 10.6. The zero-order valence-electron chi connectivity index (χ0n) is 8.23. The Morgan fingerprint density at radius 2 is 2.36 bits per heavy atom. The summed E-state index contributed by atoms with van der Waals surface area (Å²) in [7, 11) is 0. The van der Waals surface area contributed by atoms with E-state index in [1.165, 1.54) is 0 Å². The number of terminal acetylenes is 1. The number of aliphatic hydroxyl groups excluding tert-OH is 1. The van der Waals surface area contributed by atoms with Crippen LogP contribution in [-0.2, 0) is 0 Å². The van der Waals surface area contributed by atoms with Crippen molar-refractivity contribution in [1.82, 2.24) is 0 Å². The maximum Gasteiger partial charge on any atom is 0.119 e. The molecule has 14 heavy (non-hydrogen) atoms. The van der Waals surface area contributed by atoms with Gasteiger partial charge in [0.15, 0.2) is 0 Å². The maximum absolute atomic E-state index is 9.33. The average molecular weight is 190 g/mol. The number of rotatable bonds is 4. The van der Waals surface area contributed by atoms with E-state index in [2.05, 4.69) is 5.92 Å². The molecule has 1 aromatic rings. The second-order valence-corrected chi connectivity index (χ2v) is 3.05. The van der Waals surface area contributed by atoms with Gasteiger partial charge in [-0.1, -0.05) is 12.1 Å². The predicted molar refractivity (Wildman–Crippen MR) is 56.0 cm³/mol. The van der Waals surface area contributed by atoms with Crippen LogP contribution < -0.4 is 4.74 Å². The van der Waals surface area contributed by atoms with Crippen molar-refractivity contribution < 1.29 is 9.84 Å². The Morgan fingerprint density at radius 3 is 3.00 bits per heavy atom. The second kappa shape index (κ2) is 5.31. The number of hydrogen-bond donors (Lipinski definition) is 1. The summed E-state index contributed by atoms with van der Waals surface area (Å²) in [5.41, 5.74) is 0.850. The van der Waals surface area contributed by atoms with Gasteiger partial charge in [0.05, 0.1) is 12.7 Å². The predicted octanol–water partition coefficient (Wildman–Crippen LogP) is 2.14. The molecule has 0 aliphatic rings. The summed E-state index contributed by atoms with van der Waals surface area (Å²) in [6.45, 7) is 2.24. The van der Waals surface area contributed by atoms with Gasteiger partial charge in [-0.25, -0.2) is 0 Å². The third-order valence-corrected chi connectivity index (χ3v) is 1.86. The highest BCUT2D eigenvalue weighted by molar-refractivity contribution is 5.29. The summed E-state index contributed by atoms with van der Waals surface area (Å²) in [4.78, 5) is 0. The molecular formula is C12H14O2. The third kappa shape index (κ3) is 3.12. The minimum absolute atomic E-state index is 0.466. The van der Waals surface area contributed by atoms with E-state index in [1.54, 1.807) is 6.92 Å². The highest BCUT2D eigenvalue weighted by Gasteiger charge is 2.01. The van der Waals surface area contributed by atoms with Gasteiger partial charge in [0.1, 0.15) is 5.75 Å². The van der Waals surface area contributed by atoms with Crippen LogP contribution in [0.1, 0.15) is 25.0 Å². The molecule has 74 valence electrons. The Morgan fingerprint density at radius 1 is 1.57 bits per heavy atom. The average Bonchev–Trinajstić information content (AvgIpc) is 2.19. The lowest BCUT2D eigenvalue weighted by Crippen LogP contribution is -1.97. The summed E-state index contributed by atoms with van der Waals surface area (Å²) in [6.07, 6.45) is 5.23. The maximum atomic E-state index is 9.33. The molecular weight excluding hydrogens is 176 g/mol. The Kier molecular flexibility index (Phi) is 4.03. The van der Waals surface area contributed by atoms with Gasteiger partial charge in [-0.2, -0.15) is 0 Å². The molecule has 0 bridgehead atoms. The van der Waals surface area contributed by atoms with Crippen molar-refractivity contribution >= 4 is 0 Å². The lowest BCUT2D eigenvalue weighted by molar-refractivity contribution is 0.198. The van der Waals surface area contributed by atoms with Crippen molar-refractivity contribution in [3.8, 4) is 18.1 Å². The van der Waals surface area contributed by atoms with Crippen LogP contribution in [0.25, 0.3) is 0 Å². The van der Waals surface area contributed by atoms with Gasteiger partial charge >= 0.3 is 0 Å². The quantitative estimate of drug-likeness (QED) is 0.582. The van der Waals surface area contributed by atoms with E-state index in [9.17, 15) is 5.11 Å². The molecule has 0 aliphatic carbocycles. The summed E-state index contributed by atoms with van der Waals surface area (Å²) >= 11 is 0. The van der Waals surface area contributed by atoms with Crippen molar-refractivity contribution in [3.63, 3.8) is 0 Å². The van der Waals surface area contributed by atoms with Crippen molar-refractivity contribution in [2.75, 3.05) is 6.61 Å². The molecule has 0 radical (unpaired) electrons. The number of hydrogen-bond acceptors (Lipinski definition) is 2. The van der Waals surface area contributed by atoms with Gasteiger partial charge in [0, 0.05) is 6.42 Å². The molecule has 0 spiro atoms. The molecule has 0 amide bonds. The lowest BCUT2D eigenvalue weighted by Gasteiger charge is -2.08. The minimum atomic E-state index is -0.466. The molecule has 2 nitrogen and oxygen atoms in total. The smallest absolute Gasteiger partial charge is 0.119 e. The highest BCUT2D eigenvalue weighted by Crippen LogP contribution is 2.18. The first-order valence-corrected chi connectivity index (χ1v) is 4.58. The van der Waals surface area contributed by atoms with Gasteiger partial charge in [0.25, 0.3) is 0 Å². The number of benzene rings is 1. The molecule has 1 rings (SSSR count). The van der Waals surface area contributed by atoms with E-state index < -0.39 is 6.10 Å². The van der Waals surface area contributed by atoms with Gasteiger partial charge < -0.3 is 9.84 Å². The number of aliphatic hydroxyl groups is 1. The van der Waals surface area contributed by atoms with Gasteiger partial charge in [-0.15, -0.1) is 12.3 Å². The summed E-state index contributed by atoms with van der Waals surface area (Å²) in [6, 6.07) is 7.38. The molecule has 0 saturated carbocycles. The highest BCUT2D eigenvalue weighted by atomic mass is 16.5. The fourth-order valence-electron chi connectivity index (χ4n) is 1.09.